The third-order valence-electron chi connectivity index (χ3n) is 5.08. The Hall–Kier alpha value is -2.78. The molecule has 28 heavy (non-hydrogen) atoms. The first-order valence-corrected chi connectivity index (χ1v) is 8.85. The van der Waals surface area contributed by atoms with Crippen LogP contribution in [0.15, 0.2) is 29.1 Å². The molecule has 0 atom stereocenters. The van der Waals surface area contributed by atoms with Crippen LogP contribution in [0.25, 0.3) is 22.3 Å². The van der Waals surface area contributed by atoms with Gasteiger partial charge in [0.15, 0.2) is 6.29 Å². The molecule has 3 aromatic rings. The van der Waals surface area contributed by atoms with Gasteiger partial charge >= 0.3 is 0 Å². The number of aromatic hydroxyl groups is 1. The van der Waals surface area contributed by atoms with Crippen LogP contribution >= 0.6 is 0 Å². The lowest BCUT2D eigenvalue weighted by Crippen LogP contribution is -2.25. The molecule has 0 amide bonds. The number of aliphatic hydroxyl groups excluding tert-OH is 2. The van der Waals surface area contributed by atoms with Crippen molar-refractivity contribution < 1.29 is 20.4 Å². The Balaban J connectivity index is 1.97. The number of aliphatic hydroxyl groups is 3. The molecule has 1 aliphatic rings. The van der Waals surface area contributed by atoms with Gasteiger partial charge in [0, 0.05) is 28.6 Å². The predicted molar refractivity (Wildman–Crippen MR) is 103 cm³/mol. The highest BCUT2D eigenvalue weighted by molar-refractivity contribution is 5.88. The summed E-state index contributed by atoms with van der Waals surface area (Å²) in [5, 5.41) is 39.8. The number of rotatable bonds is 4. The molecule has 2 aromatic heterocycles. The minimum atomic E-state index is -1.87. The van der Waals surface area contributed by atoms with Crippen molar-refractivity contribution in [1.82, 2.24) is 14.5 Å². The second-order valence-electron chi connectivity index (χ2n) is 7.25. The van der Waals surface area contributed by atoms with Gasteiger partial charge in [-0.1, -0.05) is 0 Å². The maximum atomic E-state index is 12.8. The fraction of sp³-hybridized carbons (Fsp3) is 0.300. The molecule has 0 saturated carbocycles. The summed E-state index contributed by atoms with van der Waals surface area (Å²) < 4.78 is 1.47. The fourth-order valence-electron chi connectivity index (χ4n) is 3.78. The van der Waals surface area contributed by atoms with Crippen LogP contribution in [-0.2, 0) is 19.7 Å². The molecule has 0 spiro atoms. The van der Waals surface area contributed by atoms with Crippen molar-refractivity contribution >= 4 is 10.9 Å². The Morgan fingerprint density at radius 2 is 1.96 bits per heavy atom. The third-order valence-corrected chi connectivity index (χ3v) is 5.08. The van der Waals surface area contributed by atoms with Crippen molar-refractivity contribution in [3.05, 3.63) is 56.9 Å². The molecule has 0 saturated heterocycles. The van der Waals surface area contributed by atoms with Crippen LogP contribution in [0.2, 0.25) is 0 Å². The Morgan fingerprint density at radius 3 is 2.61 bits per heavy atom. The van der Waals surface area contributed by atoms with Crippen LogP contribution in [0.3, 0.4) is 0 Å². The van der Waals surface area contributed by atoms with E-state index in [1.807, 2.05) is 25.1 Å². The molecule has 146 valence electrons. The minimum absolute atomic E-state index is 0.0208. The maximum Gasteiger partial charge on any atom is 0.257 e. The van der Waals surface area contributed by atoms with Gasteiger partial charge in [-0.25, -0.2) is 4.98 Å². The molecule has 4 rings (SSSR count). The lowest BCUT2D eigenvalue weighted by molar-refractivity contribution is -0.0439. The van der Waals surface area contributed by atoms with E-state index in [0.29, 0.717) is 23.4 Å². The second-order valence-corrected chi connectivity index (χ2v) is 7.25. The van der Waals surface area contributed by atoms with Gasteiger partial charge in [-0.3, -0.25) is 4.79 Å². The average Bonchev–Trinajstić information content (AvgIpc) is 3.00. The highest BCUT2D eigenvalue weighted by atomic mass is 16.5. The molecule has 8 heteroatoms. The monoisotopic (exact) mass is 383 g/mol. The van der Waals surface area contributed by atoms with Crippen molar-refractivity contribution in [3.8, 4) is 17.1 Å². The molecule has 1 aromatic carbocycles. The van der Waals surface area contributed by atoms with Crippen molar-refractivity contribution in [2.75, 3.05) is 14.1 Å². The summed E-state index contributed by atoms with van der Waals surface area (Å²) in [5.74, 6) is 0.184. The smallest absolute Gasteiger partial charge is 0.257 e. The molecular weight excluding hydrogens is 362 g/mol. The summed E-state index contributed by atoms with van der Waals surface area (Å²) in [4.78, 5) is 19.4. The molecular formula is C20H21N3O5. The van der Waals surface area contributed by atoms with E-state index < -0.39 is 18.5 Å². The molecule has 0 bridgehead atoms. The number of fused-ring (bicyclic) bond motifs is 4. The summed E-state index contributed by atoms with van der Waals surface area (Å²) in [7, 11) is 3.82. The molecule has 0 unspecified atom stereocenters. The minimum Gasteiger partial charge on any atom is -0.508 e. The average molecular weight is 383 g/mol. The SMILES string of the molecule is CN(C)Cc1c(O)ccc2nc3c(cc12)Cn1c-3cc(C(O)O)c(CO)c1=O. The molecule has 0 fully saturated rings. The van der Waals surface area contributed by atoms with Crippen LogP contribution in [0.5, 0.6) is 5.75 Å². The van der Waals surface area contributed by atoms with Gasteiger partial charge in [-0.05, 0) is 38.4 Å². The van der Waals surface area contributed by atoms with Crippen molar-refractivity contribution in [2.45, 2.75) is 26.0 Å². The van der Waals surface area contributed by atoms with Crippen LogP contribution < -0.4 is 5.56 Å². The zero-order valence-corrected chi connectivity index (χ0v) is 15.5. The van der Waals surface area contributed by atoms with Crippen LogP contribution in [-0.4, -0.2) is 49.0 Å². The van der Waals surface area contributed by atoms with Gasteiger partial charge in [0.2, 0.25) is 0 Å². The third kappa shape index (κ3) is 2.78. The second kappa shape index (κ2) is 6.68. The number of phenolic OH excluding ortho intramolecular Hbond substituents is 1. The number of nitrogens with zero attached hydrogens (tertiary/aromatic N) is 3. The Morgan fingerprint density at radius 1 is 1.21 bits per heavy atom. The standard InChI is InChI=1S/C20H21N3O5/c1-22(2)8-13-11-5-10-7-23-16(18(10)21-15(11)3-4-17(13)25)6-12(20(27)28)14(9-24)19(23)26/h3-6,20,24-25,27-28H,7-9H2,1-2H3. The lowest BCUT2D eigenvalue weighted by Gasteiger charge is -2.14. The highest BCUT2D eigenvalue weighted by Crippen LogP contribution is 2.36. The topological polar surface area (TPSA) is 119 Å². The fourth-order valence-corrected chi connectivity index (χ4v) is 3.78. The zero-order valence-electron chi connectivity index (χ0n) is 15.5. The number of benzene rings is 1. The summed E-state index contributed by atoms with van der Waals surface area (Å²) in [6.45, 7) is 0.211. The van der Waals surface area contributed by atoms with Crippen LogP contribution in [0.1, 0.15) is 28.5 Å². The highest BCUT2D eigenvalue weighted by Gasteiger charge is 2.27. The first-order valence-electron chi connectivity index (χ1n) is 8.85. The van der Waals surface area contributed by atoms with Gasteiger partial charge in [0.05, 0.1) is 35.6 Å². The number of hydrogen-bond acceptors (Lipinski definition) is 7. The van der Waals surface area contributed by atoms with E-state index in [4.69, 9.17) is 0 Å². The summed E-state index contributed by atoms with van der Waals surface area (Å²) in [6, 6.07) is 6.72. The number of hydrogen-bond donors (Lipinski definition) is 4. The van der Waals surface area contributed by atoms with E-state index in [1.165, 1.54) is 10.6 Å². The predicted octanol–water partition coefficient (Wildman–Crippen LogP) is 0.668. The first kappa shape index (κ1) is 18.6. The van der Waals surface area contributed by atoms with E-state index in [1.54, 1.807) is 12.1 Å². The zero-order chi connectivity index (χ0) is 20.2. The molecule has 0 radical (unpaired) electrons. The Labute approximate surface area is 160 Å². The molecule has 3 heterocycles. The number of pyridine rings is 2. The number of aromatic nitrogens is 2. The van der Waals surface area contributed by atoms with Crippen LogP contribution in [0, 0.1) is 0 Å². The summed E-state index contributed by atoms with van der Waals surface area (Å²) in [6.07, 6.45) is -1.87. The van der Waals surface area contributed by atoms with Crippen molar-refractivity contribution in [2.24, 2.45) is 0 Å². The van der Waals surface area contributed by atoms with E-state index in [0.717, 1.165) is 16.5 Å². The van der Waals surface area contributed by atoms with Gasteiger partial charge in [0.25, 0.3) is 5.56 Å². The van der Waals surface area contributed by atoms with Gasteiger partial charge in [-0.2, -0.15) is 0 Å². The van der Waals surface area contributed by atoms with E-state index >= 15 is 0 Å². The van der Waals surface area contributed by atoms with E-state index in [2.05, 4.69) is 4.98 Å². The summed E-state index contributed by atoms with van der Waals surface area (Å²) >= 11 is 0. The van der Waals surface area contributed by atoms with Gasteiger partial charge in [-0.15, -0.1) is 0 Å². The normalized spacial score (nSPS) is 12.8. The Kier molecular flexibility index (Phi) is 4.43. The first-order chi connectivity index (χ1) is 13.3. The van der Waals surface area contributed by atoms with Crippen LogP contribution in [0.4, 0.5) is 0 Å². The van der Waals surface area contributed by atoms with Crippen molar-refractivity contribution in [1.29, 1.82) is 0 Å². The molecule has 1 aliphatic heterocycles. The molecule has 0 aliphatic carbocycles. The number of phenols is 1. The van der Waals surface area contributed by atoms with Gasteiger partial charge < -0.3 is 29.9 Å². The molecule has 8 nitrogen and oxygen atoms in total. The molecule has 4 N–H and O–H groups in total. The quantitative estimate of drug-likeness (QED) is 0.382. The Bertz CT molecular complexity index is 1150. The summed E-state index contributed by atoms with van der Waals surface area (Å²) in [5.41, 5.74) is 2.75. The van der Waals surface area contributed by atoms with Gasteiger partial charge in [0.1, 0.15) is 5.75 Å². The van der Waals surface area contributed by atoms with Crippen molar-refractivity contribution in [3.63, 3.8) is 0 Å². The van der Waals surface area contributed by atoms with E-state index in [9.17, 15) is 25.2 Å². The lowest BCUT2D eigenvalue weighted by atomic mass is 10.0. The van der Waals surface area contributed by atoms with E-state index in [-0.39, 0.29) is 23.4 Å². The maximum absolute atomic E-state index is 12.8. The largest absolute Gasteiger partial charge is 0.508 e.